The summed E-state index contributed by atoms with van der Waals surface area (Å²) in [7, 11) is 0. The molecule has 0 heterocycles. The molecular weight excluding hydrogens is 300 g/mol. The van der Waals surface area contributed by atoms with E-state index in [2.05, 4.69) is 5.32 Å². The van der Waals surface area contributed by atoms with Crippen molar-refractivity contribution in [2.75, 3.05) is 0 Å². The summed E-state index contributed by atoms with van der Waals surface area (Å²) in [6, 6.07) is 3.74. The monoisotopic (exact) mass is 312 g/mol. The Kier molecular flexibility index (Phi) is 4.42. The lowest BCUT2D eigenvalue weighted by Crippen LogP contribution is -2.37. The van der Waals surface area contributed by atoms with Gasteiger partial charge in [-0.25, -0.2) is 4.79 Å². The number of amides is 1. The standard InChI is InChI=1S/C13H13ClN2O5/c1-7(12(17)15-9-3-4-9)21-13(18)8-2-5-10(14)11(6-8)16(19)20/h2,5-7,9H,3-4H2,1H3,(H,15,17)/t7-/m1/s1. The van der Waals surface area contributed by atoms with Crippen molar-refractivity contribution >= 4 is 29.2 Å². The molecule has 1 aromatic carbocycles. The van der Waals surface area contributed by atoms with Crippen molar-refractivity contribution in [3.63, 3.8) is 0 Å². The lowest BCUT2D eigenvalue weighted by molar-refractivity contribution is -0.384. The minimum absolute atomic E-state index is 0.0304. The Hall–Kier alpha value is -2.15. The molecule has 0 saturated heterocycles. The highest BCUT2D eigenvalue weighted by Crippen LogP contribution is 2.25. The van der Waals surface area contributed by atoms with Crippen LogP contribution in [-0.4, -0.2) is 28.9 Å². The van der Waals surface area contributed by atoms with Gasteiger partial charge < -0.3 is 10.1 Å². The molecular formula is C13H13ClN2O5. The maximum Gasteiger partial charge on any atom is 0.339 e. The molecule has 112 valence electrons. The van der Waals surface area contributed by atoms with Crippen LogP contribution in [0.5, 0.6) is 0 Å². The molecule has 0 radical (unpaired) electrons. The van der Waals surface area contributed by atoms with Gasteiger partial charge in [0.05, 0.1) is 10.5 Å². The molecule has 1 saturated carbocycles. The zero-order valence-corrected chi connectivity index (χ0v) is 11.9. The number of esters is 1. The van der Waals surface area contributed by atoms with E-state index < -0.39 is 17.0 Å². The van der Waals surface area contributed by atoms with Crippen molar-refractivity contribution < 1.29 is 19.2 Å². The van der Waals surface area contributed by atoms with Gasteiger partial charge in [0.1, 0.15) is 5.02 Å². The van der Waals surface area contributed by atoms with Crippen molar-refractivity contribution in [1.82, 2.24) is 5.32 Å². The molecule has 8 heteroatoms. The lowest BCUT2D eigenvalue weighted by Gasteiger charge is -2.13. The third-order valence-corrected chi connectivity index (χ3v) is 3.27. The van der Waals surface area contributed by atoms with Gasteiger partial charge in [0, 0.05) is 12.1 Å². The average Bonchev–Trinajstić information content (AvgIpc) is 3.22. The first-order chi connectivity index (χ1) is 9.88. The summed E-state index contributed by atoms with van der Waals surface area (Å²) in [5.41, 5.74) is -0.418. The highest BCUT2D eigenvalue weighted by molar-refractivity contribution is 6.32. The molecule has 0 bridgehead atoms. The smallest absolute Gasteiger partial charge is 0.339 e. The number of nitro benzene ring substituents is 1. The number of halogens is 1. The lowest BCUT2D eigenvalue weighted by atomic mass is 10.2. The van der Waals surface area contributed by atoms with Crippen LogP contribution in [0.15, 0.2) is 18.2 Å². The highest BCUT2D eigenvalue weighted by Gasteiger charge is 2.27. The van der Waals surface area contributed by atoms with Gasteiger partial charge in [-0.1, -0.05) is 11.6 Å². The van der Waals surface area contributed by atoms with Gasteiger partial charge in [-0.05, 0) is 31.9 Å². The normalized spacial score (nSPS) is 15.1. The van der Waals surface area contributed by atoms with E-state index >= 15 is 0 Å². The summed E-state index contributed by atoms with van der Waals surface area (Å²) in [4.78, 5) is 33.6. The molecule has 1 aromatic rings. The van der Waals surface area contributed by atoms with Crippen LogP contribution in [0.1, 0.15) is 30.1 Å². The van der Waals surface area contributed by atoms with Gasteiger partial charge in [0.2, 0.25) is 0 Å². The maximum atomic E-state index is 11.9. The fourth-order valence-corrected chi connectivity index (χ4v) is 1.79. The van der Waals surface area contributed by atoms with Crippen LogP contribution in [0.4, 0.5) is 5.69 Å². The number of carbonyl (C=O) groups excluding carboxylic acids is 2. The van der Waals surface area contributed by atoms with E-state index in [-0.39, 0.29) is 28.2 Å². The number of ether oxygens (including phenoxy) is 1. The SMILES string of the molecule is C[C@@H](OC(=O)c1ccc(Cl)c([N+](=O)[O-])c1)C(=O)NC1CC1. The first-order valence-electron chi connectivity index (χ1n) is 6.34. The molecule has 0 aromatic heterocycles. The van der Waals surface area contributed by atoms with Gasteiger partial charge in [-0.15, -0.1) is 0 Å². The maximum absolute atomic E-state index is 11.9. The van der Waals surface area contributed by atoms with Gasteiger partial charge in [0.25, 0.3) is 11.6 Å². The summed E-state index contributed by atoms with van der Waals surface area (Å²) in [6.07, 6.45) is 0.888. The van der Waals surface area contributed by atoms with Crippen LogP contribution in [0.2, 0.25) is 5.02 Å². The quantitative estimate of drug-likeness (QED) is 0.510. The van der Waals surface area contributed by atoms with Gasteiger partial charge in [0.15, 0.2) is 6.10 Å². The van der Waals surface area contributed by atoms with E-state index in [1.807, 2.05) is 0 Å². The van der Waals surface area contributed by atoms with Crippen molar-refractivity contribution in [2.24, 2.45) is 0 Å². The summed E-state index contributed by atoms with van der Waals surface area (Å²) in [5, 5.41) is 13.4. The number of nitro groups is 1. The van der Waals surface area contributed by atoms with Gasteiger partial charge in [-0.2, -0.15) is 0 Å². The second-order valence-electron chi connectivity index (χ2n) is 4.75. The Morgan fingerprint density at radius 3 is 2.71 bits per heavy atom. The van der Waals surface area contributed by atoms with E-state index in [4.69, 9.17) is 16.3 Å². The number of carbonyl (C=O) groups is 2. The predicted molar refractivity (Wildman–Crippen MR) is 74.1 cm³/mol. The number of rotatable bonds is 5. The number of benzene rings is 1. The van der Waals surface area contributed by atoms with Crippen molar-refractivity contribution in [3.8, 4) is 0 Å². The third kappa shape index (κ3) is 3.91. The first kappa shape index (κ1) is 15.2. The van der Waals surface area contributed by atoms with Crippen LogP contribution in [0, 0.1) is 10.1 Å². The zero-order chi connectivity index (χ0) is 15.6. The summed E-state index contributed by atoms with van der Waals surface area (Å²) >= 11 is 5.66. The van der Waals surface area contributed by atoms with Crippen molar-refractivity contribution in [1.29, 1.82) is 0 Å². The van der Waals surface area contributed by atoms with Crippen molar-refractivity contribution in [2.45, 2.75) is 31.9 Å². The largest absolute Gasteiger partial charge is 0.449 e. The highest BCUT2D eigenvalue weighted by atomic mass is 35.5. The number of nitrogens with one attached hydrogen (secondary N) is 1. The average molecular weight is 313 g/mol. The Labute approximate surface area is 125 Å². The van der Waals surface area contributed by atoms with Crippen LogP contribution in [0.25, 0.3) is 0 Å². The van der Waals surface area contributed by atoms with Crippen LogP contribution in [-0.2, 0) is 9.53 Å². The number of hydrogen-bond donors (Lipinski definition) is 1. The van der Waals surface area contributed by atoms with Crippen LogP contribution in [0.3, 0.4) is 0 Å². The topological polar surface area (TPSA) is 98.5 Å². The number of hydrogen-bond acceptors (Lipinski definition) is 5. The van der Waals surface area contributed by atoms with E-state index in [9.17, 15) is 19.7 Å². The summed E-state index contributed by atoms with van der Waals surface area (Å²) in [5.74, 6) is -1.19. The molecule has 7 nitrogen and oxygen atoms in total. The molecule has 0 unspecified atom stereocenters. The molecule has 2 rings (SSSR count). The molecule has 1 aliphatic rings. The second-order valence-corrected chi connectivity index (χ2v) is 5.16. The predicted octanol–water partition coefficient (Wildman–Crippen LogP) is 2.07. The molecule has 1 N–H and O–H groups in total. The molecule has 0 spiro atoms. The second kappa shape index (κ2) is 6.09. The molecule has 1 atom stereocenters. The van der Waals surface area contributed by atoms with E-state index in [0.717, 1.165) is 18.9 Å². The van der Waals surface area contributed by atoms with E-state index in [1.54, 1.807) is 0 Å². The van der Waals surface area contributed by atoms with Gasteiger partial charge >= 0.3 is 5.97 Å². The fraction of sp³-hybridized carbons (Fsp3) is 0.385. The molecule has 21 heavy (non-hydrogen) atoms. The minimum atomic E-state index is -0.965. The Bertz CT molecular complexity index is 600. The van der Waals surface area contributed by atoms with Gasteiger partial charge in [-0.3, -0.25) is 14.9 Å². The molecule has 0 aliphatic heterocycles. The molecule has 1 amide bonds. The zero-order valence-electron chi connectivity index (χ0n) is 11.2. The van der Waals surface area contributed by atoms with Crippen LogP contribution >= 0.6 is 11.6 Å². The molecule has 1 fully saturated rings. The van der Waals surface area contributed by atoms with E-state index in [0.29, 0.717) is 0 Å². The van der Waals surface area contributed by atoms with Crippen LogP contribution < -0.4 is 5.32 Å². The Morgan fingerprint density at radius 2 is 2.14 bits per heavy atom. The number of nitrogens with zero attached hydrogens (tertiary/aromatic N) is 1. The Morgan fingerprint density at radius 1 is 1.48 bits per heavy atom. The van der Waals surface area contributed by atoms with E-state index in [1.165, 1.54) is 19.1 Å². The fourth-order valence-electron chi connectivity index (χ4n) is 1.61. The summed E-state index contributed by atoms with van der Waals surface area (Å²) in [6.45, 7) is 1.44. The Balaban J connectivity index is 2.03. The minimum Gasteiger partial charge on any atom is -0.449 e. The first-order valence-corrected chi connectivity index (χ1v) is 6.71. The third-order valence-electron chi connectivity index (χ3n) is 2.96. The van der Waals surface area contributed by atoms with Crippen molar-refractivity contribution in [3.05, 3.63) is 38.9 Å². The summed E-state index contributed by atoms with van der Waals surface area (Å²) < 4.78 is 4.98. The molecule has 1 aliphatic carbocycles.